The molecule has 4 rings (SSSR count). The lowest BCUT2D eigenvalue weighted by molar-refractivity contribution is -0.119. The Bertz CT molecular complexity index is 1530. The van der Waals surface area contributed by atoms with Crippen molar-refractivity contribution in [3.8, 4) is 5.75 Å². The van der Waals surface area contributed by atoms with Gasteiger partial charge in [0.1, 0.15) is 18.9 Å². The van der Waals surface area contributed by atoms with E-state index in [1.807, 2.05) is 0 Å². The summed E-state index contributed by atoms with van der Waals surface area (Å²) in [5.41, 5.74) is 0.939. The molecular formula is C27H30ClN3O7S2. The van der Waals surface area contributed by atoms with Gasteiger partial charge >= 0.3 is 0 Å². The van der Waals surface area contributed by atoms with Gasteiger partial charge in [0.05, 0.1) is 35.2 Å². The number of halogens is 1. The molecule has 0 radical (unpaired) electrons. The number of morpholine rings is 1. The Morgan fingerprint density at radius 1 is 0.975 bits per heavy atom. The summed E-state index contributed by atoms with van der Waals surface area (Å²) in [6.07, 6.45) is 0. The van der Waals surface area contributed by atoms with Gasteiger partial charge in [0.25, 0.3) is 10.0 Å². The molecule has 1 saturated heterocycles. The van der Waals surface area contributed by atoms with Gasteiger partial charge in [-0.15, -0.1) is 0 Å². The van der Waals surface area contributed by atoms with Crippen LogP contribution in [0.25, 0.3) is 0 Å². The van der Waals surface area contributed by atoms with Crippen LogP contribution in [-0.2, 0) is 29.6 Å². The highest BCUT2D eigenvalue weighted by molar-refractivity contribution is 7.92. The first kappa shape index (κ1) is 29.8. The molecule has 1 heterocycles. The smallest absolute Gasteiger partial charge is 0.264 e. The SMILES string of the molecule is Cc1ccc(Cl)cc1N(CC(=O)NCCOc1ccc(S(=O)(=O)N2CCOCC2)cc1)S(=O)(=O)c1ccccc1. The Kier molecular flexibility index (Phi) is 9.69. The molecule has 0 saturated carbocycles. The molecule has 3 aromatic carbocycles. The largest absolute Gasteiger partial charge is 0.492 e. The molecule has 1 aliphatic rings. The molecule has 0 atom stereocenters. The summed E-state index contributed by atoms with van der Waals surface area (Å²) in [5.74, 6) is -0.104. The lowest BCUT2D eigenvalue weighted by atomic mass is 10.2. The van der Waals surface area contributed by atoms with Gasteiger partial charge in [0.2, 0.25) is 15.9 Å². The van der Waals surface area contributed by atoms with E-state index in [4.69, 9.17) is 21.1 Å². The molecule has 0 aliphatic carbocycles. The van der Waals surface area contributed by atoms with Gasteiger partial charge in [-0.2, -0.15) is 4.31 Å². The fraction of sp³-hybridized carbons (Fsp3) is 0.296. The number of anilines is 1. The van der Waals surface area contributed by atoms with Crippen molar-refractivity contribution in [2.45, 2.75) is 16.7 Å². The zero-order valence-corrected chi connectivity index (χ0v) is 24.2. The molecule has 214 valence electrons. The summed E-state index contributed by atoms with van der Waals surface area (Å²) in [7, 11) is -7.67. The van der Waals surface area contributed by atoms with E-state index in [9.17, 15) is 21.6 Å². The predicted octanol–water partition coefficient (Wildman–Crippen LogP) is 3.06. The first-order chi connectivity index (χ1) is 19.1. The molecule has 1 amide bonds. The predicted molar refractivity (Wildman–Crippen MR) is 152 cm³/mol. The van der Waals surface area contributed by atoms with Crippen molar-refractivity contribution in [1.82, 2.24) is 9.62 Å². The van der Waals surface area contributed by atoms with E-state index in [0.29, 0.717) is 48.3 Å². The fourth-order valence-corrected chi connectivity index (χ4v) is 7.13. The molecule has 0 aromatic heterocycles. The summed E-state index contributed by atoms with van der Waals surface area (Å²) in [4.78, 5) is 13.0. The van der Waals surface area contributed by atoms with Gasteiger partial charge in [0.15, 0.2) is 0 Å². The number of carbonyl (C=O) groups is 1. The number of sulfonamides is 2. The van der Waals surface area contributed by atoms with Gasteiger partial charge < -0.3 is 14.8 Å². The van der Waals surface area contributed by atoms with E-state index in [1.54, 1.807) is 49.4 Å². The lowest BCUT2D eigenvalue weighted by Crippen LogP contribution is -2.42. The average Bonchev–Trinajstić information content (AvgIpc) is 2.96. The monoisotopic (exact) mass is 607 g/mol. The van der Waals surface area contributed by atoms with Crippen LogP contribution in [-0.4, -0.2) is 73.0 Å². The van der Waals surface area contributed by atoms with Crippen molar-refractivity contribution in [3.05, 3.63) is 83.4 Å². The molecule has 3 aromatic rings. The van der Waals surface area contributed by atoms with Crippen LogP contribution < -0.4 is 14.4 Å². The molecule has 13 heteroatoms. The molecule has 0 bridgehead atoms. The molecule has 1 N–H and O–H groups in total. The lowest BCUT2D eigenvalue weighted by Gasteiger charge is -2.26. The van der Waals surface area contributed by atoms with E-state index in [0.717, 1.165) is 4.31 Å². The standard InChI is InChI=1S/C27H30ClN3O7S2/c1-21-7-8-22(28)19-26(21)31(40(35,36)24-5-3-2-4-6-24)20-27(32)29-13-16-38-23-9-11-25(12-10-23)39(33,34)30-14-17-37-18-15-30/h2-12,19H,13-18,20H2,1H3,(H,29,32). The van der Waals surface area contributed by atoms with Crippen molar-refractivity contribution in [2.75, 3.05) is 50.3 Å². The quantitative estimate of drug-likeness (QED) is 0.332. The van der Waals surface area contributed by atoms with Crippen LogP contribution in [0.15, 0.2) is 82.6 Å². The topological polar surface area (TPSA) is 122 Å². The number of amides is 1. The van der Waals surface area contributed by atoms with Crippen LogP contribution >= 0.6 is 11.6 Å². The number of rotatable bonds is 11. The Labute approximate surface area is 239 Å². The first-order valence-electron chi connectivity index (χ1n) is 12.5. The van der Waals surface area contributed by atoms with E-state index in [2.05, 4.69) is 5.32 Å². The second kappa shape index (κ2) is 13.0. The van der Waals surface area contributed by atoms with Crippen LogP contribution in [0.3, 0.4) is 0 Å². The molecule has 10 nitrogen and oxygen atoms in total. The number of carbonyl (C=O) groups excluding carboxylic acids is 1. The minimum Gasteiger partial charge on any atom is -0.492 e. The normalized spacial score (nSPS) is 14.4. The highest BCUT2D eigenvalue weighted by Crippen LogP contribution is 2.29. The van der Waals surface area contributed by atoms with Crippen molar-refractivity contribution in [2.24, 2.45) is 0 Å². The van der Waals surface area contributed by atoms with Crippen LogP contribution in [0.2, 0.25) is 5.02 Å². The summed E-state index contributed by atoms with van der Waals surface area (Å²) >= 11 is 6.15. The van der Waals surface area contributed by atoms with Gasteiger partial charge in [-0.05, 0) is 61.0 Å². The summed E-state index contributed by atoms with van der Waals surface area (Å²) in [6, 6.07) is 18.7. The van der Waals surface area contributed by atoms with Crippen LogP contribution in [0.1, 0.15) is 5.56 Å². The molecule has 0 unspecified atom stereocenters. The maximum atomic E-state index is 13.5. The summed E-state index contributed by atoms with van der Waals surface area (Å²) in [5, 5.41) is 3.01. The Morgan fingerprint density at radius 3 is 2.33 bits per heavy atom. The maximum Gasteiger partial charge on any atom is 0.264 e. The van der Waals surface area contributed by atoms with Crippen LogP contribution in [0.5, 0.6) is 5.75 Å². The van der Waals surface area contributed by atoms with Crippen molar-refractivity contribution < 1.29 is 31.1 Å². The minimum absolute atomic E-state index is 0.0459. The number of nitrogens with zero attached hydrogens (tertiary/aromatic N) is 2. The third-order valence-electron chi connectivity index (χ3n) is 6.18. The average molecular weight is 608 g/mol. The minimum atomic E-state index is -4.06. The highest BCUT2D eigenvalue weighted by atomic mass is 35.5. The summed E-state index contributed by atoms with van der Waals surface area (Å²) in [6.45, 7) is 2.79. The third-order valence-corrected chi connectivity index (χ3v) is 10.1. The van der Waals surface area contributed by atoms with Crippen molar-refractivity contribution in [3.63, 3.8) is 0 Å². The van der Waals surface area contributed by atoms with E-state index in [-0.39, 0.29) is 22.9 Å². The number of hydrogen-bond donors (Lipinski definition) is 1. The Balaban J connectivity index is 1.37. The zero-order chi connectivity index (χ0) is 28.8. The molecular weight excluding hydrogens is 578 g/mol. The fourth-order valence-electron chi connectivity index (χ4n) is 4.06. The highest BCUT2D eigenvalue weighted by Gasteiger charge is 2.29. The number of aryl methyl sites for hydroxylation is 1. The molecule has 1 fully saturated rings. The molecule has 1 aliphatic heterocycles. The third kappa shape index (κ3) is 7.12. The van der Waals surface area contributed by atoms with E-state index in [1.165, 1.54) is 34.6 Å². The number of hydrogen-bond acceptors (Lipinski definition) is 7. The van der Waals surface area contributed by atoms with Crippen LogP contribution in [0.4, 0.5) is 5.69 Å². The van der Waals surface area contributed by atoms with Gasteiger partial charge in [0, 0.05) is 18.1 Å². The number of nitrogens with one attached hydrogen (secondary N) is 1. The second-order valence-corrected chi connectivity index (χ2v) is 13.2. The van der Waals surface area contributed by atoms with Crippen molar-refractivity contribution >= 4 is 43.2 Å². The Hall–Kier alpha value is -3.16. The van der Waals surface area contributed by atoms with Crippen LogP contribution in [0, 0.1) is 6.92 Å². The first-order valence-corrected chi connectivity index (χ1v) is 15.8. The zero-order valence-electron chi connectivity index (χ0n) is 21.8. The van der Waals surface area contributed by atoms with Gasteiger partial charge in [-0.3, -0.25) is 9.10 Å². The number of ether oxygens (including phenoxy) is 2. The maximum absolute atomic E-state index is 13.5. The molecule has 40 heavy (non-hydrogen) atoms. The number of benzene rings is 3. The summed E-state index contributed by atoms with van der Waals surface area (Å²) < 4.78 is 65.7. The van der Waals surface area contributed by atoms with Gasteiger partial charge in [-0.1, -0.05) is 35.9 Å². The van der Waals surface area contributed by atoms with E-state index < -0.39 is 32.5 Å². The van der Waals surface area contributed by atoms with Gasteiger partial charge in [-0.25, -0.2) is 16.8 Å². The second-order valence-electron chi connectivity index (χ2n) is 8.94. The van der Waals surface area contributed by atoms with E-state index >= 15 is 0 Å². The van der Waals surface area contributed by atoms with Crippen molar-refractivity contribution in [1.29, 1.82) is 0 Å². The molecule has 0 spiro atoms. The Morgan fingerprint density at radius 2 is 1.65 bits per heavy atom.